The highest BCUT2D eigenvalue weighted by Gasteiger charge is 2.44. The molecule has 1 fully saturated rings. The molecule has 2 aromatic heterocycles. The van der Waals surface area contributed by atoms with Crippen LogP contribution < -0.4 is 5.32 Å². The smallest absolute Gasteiger partial charge is 0.241 e. The number of amides is 1. The fourth-order valence-electron chi connectivity index (χ4n) is 4.25. The lowest BCUT2D eigenvalue weighted by Gasteiger charge is -2.47. The van der Waals surface area contributed by atoms with Crippen molar-refractivity contribution in [1.29, 1.82) is 0 Å². The molecule has 1 amide bonds. The fourth-order valence-corrected chi connectivity index (χ4v) is 5.73. The Balaban J connectivity index is 1.43. The molecule has 6 nitrogen and oxygen atoms in total. The molecule has 2 aromatic rings. The van der Waals surface area contributed by atoms with Crippen molar-refractivity contribution in [2.24, 2.45) is 0 Å². The van der Waals surface area contributed by atoms with E-state index in [4.69, 9.17) is 16.3 Å². The van der Waals surface area contributed by atoms with Gasteiger partial charge >= 0.3 is 0 Å². The number of carbonyl (C=O) groups excluding carboxylic acids is 1. The van der Waals surface area contributed by atoms with Gasteiger partial charge in [-0.1, -0.05) is 11.6 Å². The van der Waals surface area contributed by atoms with Gasteiger partial charge < -0.3 is 10.1 Å². The predicted octanol–water partition coefficient (Wildman–Crippen LogP) is 2.80. The Hall–Kier alpha value is -1.41. The minimum atomic E-state index is -0.176. The highest BCUT2D eigenvalue weighted by atomic mass is 35.5. The second-order valence-electron chi connectivity index (χ2n) is 7.49. The Morgan fingerprint density at radius 3 is 3.19 bits per heavy atom. The molecule has 1 saturated heterocycles. The molecule has 27 heavy (non-hydrogen) atoms. The monoisotopic (exact) mass is 408 g/mol. The molecule has 1 spiro atoms. The van der Waals surface area contributed by atoms with Gasteiger partial charge in [0.25, 0.3) is 0 Å². The number of hydrogen-bond acceptors (Lipinski definition) is 5. The average Bonchev–Trinajstić information content (AvgIpc) is 3.24. The van der Waals surface area contributed by atoms with Crippen LogP contribution in [0.3, 0.4) is 0 Å². The standard InChI is InChI=1S/C19H25ClN4O2S/c1-13-8-19(18-15(3-6-26-19)7-16(20)27-18)4-5-23(13)10-14-9-22-24(11-14)12-17(25)21-2/h7,9,11,13H,3-6,8,10,12H2,1-2H3,(H,21,25)/t13-,19+/m0/s1. The molecule has 0 aromatic carbocycles. The van der Waals surface area contributed by atoms with Crippen molar-refractivity contribution in [2.75, 3.05) is 20.2 Å². The van der Waals surface area contributed by atoms with E-state index in [9.17, 15) is 4.79 Å². The van der Waals surface area contributed by atoms with Crippen LogP contribution in [0.25, 0.3) is 0 Å². The molecule has 4 heterocycles. The molecule has 0 aliphatic carbocycles. The zero-order chi connectivity index (χ0) is 19.0. The van der Waals surface area contributed by atoms with Gasteiger partial charge in [-0.2, -0.15) is 5.10 Å². The van der Waals surface area contributed by atoms with E-state index in [0.29, 0.717) is 6.04 Å². The number of hydrogen-bond donors (Lipinski definition) is 1. The summed E-state index contributed by atoms with van der Waals surface area (Å²) in [6, 6.07) is 2.51. The summed E-state index contributed by atoms with van der Waals surface area (Å²) in [6.07, 6.45) is 6.73. The number of likely N-dealkylation sites (tertiary alicyclic amines) is 1. The molecular weight excluding hydrogens is 384 g/mol. The number of nitrogens with one attached hydrogen (secondary N) is 1. The molecule has 0 saturated carbocycles. The number of piperidine rings is 1. The van der Waals surface area contributed by atoms with Crippen LogP contribution in [-0.2, 0) is 34.6 Å². The highest BCUT2D eigenvalue weighted by Crippen LogP contribution is 2.48. The fraction of sp³-hybridized carbons (Fsp3) is 0.579. The molecular formula is C19H25ClN4O2S. The quantitative estimate of drug-likeness (QED) is 0.845. The molecule has 1 N–H and O–H groups in total. The number of halogens is 1. The Labute approximate surface area is 168 Å². The van der Waals surface area contributed by atoms with E-state index in [0.717, 1.165) is 48.9 Å². The number of thiophene rings is 1. The largest absolute Gasteiger partial charge is 0.369 e. The van der Waals surface area contributed by atoms with Crippen LogP contribution >= 0.6 is 22.9 Å². The predicted molar refractivity (Wildman–Crippen MR) is 106 cm³/mol. The maximum atomic E-state index is 11.5. The van der Waals surface area contributed by atoms with Crippen molar-refractivity contribution in [1.82, 2.24) is 20.0 Å². The minimum absolute atomic E-state index is 0.0437. The summed E-state index contributed by atoms with van der Waals surface area (Å²) >= 11 is 7.97. The van der Waals surface area contributed by atoms with Crippen molar-refractivity contribution in [3.8, 4) is 0 Å². The summed E-state index contributed by atoms with van der Waals surface area (Å²) in [7, 11) is 1.64. The lowest BCUT2D eigenvalue weighted by Crippen LogP contribution is -2.49. The Bertz CT molecular complexity index is 836. The van der Waals surface area contributed by atoms with Crippen molar-refractivity contribution in [3.63, 3.8) is 0 Å². The van der Waals surface area contributed by atoms with Crippen molar-refractivity contribution < 1.29 is 9.53 Å². The summed E-state index contributed by atoms with van der Waals surface area (Å²) in [5.41, 5.74) is 2.32. The number of fused-ring (bicyclic) bond motifs is 2. The summed E-state index contributed by atoms with van der Waals surface area (Å²) < 4.78 is 8.89. The number of aromatic nitrogens is 2. The first-order valence-corrected chi connectivity index (χ1v) is 10.6. The van der Waals surface area contributed by atoms with Crippen LogP contribution in [0, 0.1) is 0 Å². The van der Waals surface area contributed by atoms with Crippen LogP contribution in [0.5, 0.6) is 0 Å². The summed E-state index contributed by atoms with van der Waals surface area (Å²) in [4.78, 5) is 15.3. The Morgan fingerprint density at radius 1 is 1.56 bits per heavy atom. The maximum absolute atomic E-state index is 11.5. The van der Waals surface area contributed by atoms with Gasteiger partial charge in [0.05, 0.1) is 17.1 Å². The third-order valence-electron chi connectivity index (χ3n) is 5.65. The lowest BCUT2D eigenvalue weighted by molar-refractivity contribution is -0.121. The number of rotatable bonds is 4. The average molecular weight is 409 g/mol. The molecule has 4 rings (SSSR count). The first-order chi connectivity index (χ1) is 13.0. The minimum Gasteiger partial charge on any atom is -0.369 e. The van der Waals surface area contributed by atoms with E-state index in [2.05, 4.69) is 28.3 Å². The van der Waals surface area contributed by atoms with Gasteiger partial charge in [-0.3, -0.25) is 14.4 Å². The molecule has 2 atom stereocenters. The summed E-state index contributed by atoms with van der Waals surface area (Å²) in [5, 5.41) is 6.92. The van der Waals surface area contributed by atoms with E-state index in [1.165, 1.54) is 10.4 Å². The highest BCUT2D eigenvalue weighted by molar-refractivity contribution is 7.16. The van der Waals surface area contributed by atoms with Crippen molar-refractivity contribution >= 4 is 28.8 Å². The SMILES string of the molecule is CNC(=O)Cn1cc(CN2CC[C@]3(C[C@@H]2C)OCCc2cc(Cl)sc23)cn1. The van der Waals surface area contributed by atoms with E-state index in [1.807, 2.05) is 12.4 Å². The van der Waals surface area contributed by atoms with Gasteiger partial charge in [0.2, 0.25) is 5.91 Å². The first-order valence-electron chi connectivity index (χ1n) is 9.38. The maximum Gasteiger partial charge on any atom is 0.241 e. The first kappa shape index (κ1) is 18.9. The molecule has 0 unspecified atom stereocenters. The van der Waals surface area contributed by atoms with Gasteiger partial charge in [0.15, 0.2) is 0 Å². The molecule has 2 aliphatic heterocycles. The van der Waals surface area contributed by atoms with Gasteiger partial charge in [0, 0.05) is 42.8 Å². The van der Waals surface area contributed by atoms with E-state index in [1.54, 1.807) is 23.1 Å². The van der Waals surface area contributed by atoms with Crippen LogP contribution in [-0.4, -0.2) is 46.8 Å². The molecule has 2 aliphatic rings. The van der Waals surface area contributed by atoms with Crippen molar-refractivity contribution in [2.45, 2.75) is 50.9 Å². The third-order valence-corrected chi connectivity index (χ3v) is 7.14. The molecule has 8 heteroatoms. The second kappa shape index (κ2) is 7.54. The number of carbonyl (C=O) groups is 1. The lowest BCUT2D eigenvalue weighted by atomic mass is 9.82. The number of ether oxygens (including phenoxy) is 1. The van der Waals surface area contributed by atoms with E-state index >= 15 is 0 Å². The van der Waals surface area contributed by atoms with Gasteiger partial charge in [-0.05, 0) is 37.8 Å². The Morgan fingerprint density at radius 2 is 2.41 bits per heavy atom. The zero-order valence-corrected chi connectivity index (χ0v) is 17.3. The zero-order valence-electron chi connectivity index (χ0n) is 15.7. The summed E-state index contributed by atoms with van der Waals surface area (Å²) in [6.45, 7) is 5.10. The summed E-state index contributed by atoms with van der Waals surface area (Å²) in [5.74, 6) is -0.0437. The van der Waals surface area contributed by atoms with Crippen LogP contribution in [0.2, 0.25) is 4.34 Å². The Kier molecular flexibility index (Phi) is 5.29. The van der Waals surface area contributed by atoms with E-state index < -0.39 is 0 Å². The van der Waals surface area contributed by atoms with Gasteiger partial charge in [0.1, 0.15) is 12.1 Å². The van der Waals surface area contributed by atoms with Gasteiger partial charge in [-0.25, -0.2) is 0 Å². The third kappa shape index (κ3) is 3.78. The number of nitrogens with zero attached hydrogens (tertiary/aromatic N) is 3. The second-order valence-corrected chi connectivity index (χ2v) is 9.17. The number of likely N-dealkylation sites (N-methyl/N-ethyl adjacent to an activating group) is 1. The molecule has 146 valence electrons. The van der Waals surface area contributed by atoms with Gasteiger partial charge in [-0.15, -0.1) is 11.3 Å². The topological polar surface area (TPSA) is 59.4 Å². The normalized spacial score (nSPS) is 25.5. The van der Waals surface area contributed by atoms with Crippen LogP contribution in [0.15, 0.2) is 18.5 Å². The molecule has 0 bridgehead atoms. The molecule has 0 radical (unpaired) electrons. The van der Waals surface area contributed by atoms with Crippen molar-refractivity contribution in [3.05, 3.63) is 38.8 Å². The van der Waals surface area contributed by atoms with E-state index in [-0.39, 0.29) is 18.1 Å². The van der Waals surface area contributed by atoms with Crippen LogP contribution in [0.4, 0.5) is 0 Å². The van der Waals surface area contributed by atoms with Crippen LogP contribution in [0.1, 0.15) is 35.8 Å².